The predicted octanol–water partition coefficient (Wildman–Crippen LogP) is 7.54. The van der Waals surface area contributed by atoms with E-state index >= 15 is 0 Å². The average molecular weight is 464 g/mol. The maximum absolute atomic E-state index is 13.3. The molecule has 0 bridgehead atoms. The Kier molecular flexibility index (Phi) is 6.83. The minimum Gasteiger partial charge on any atom is -0.456 e. The van der Waals surface area contributed by atoms with E-state index in [1.165, 1.54) is 0 Å². The number of ether oxygens (including phenoxy) is 1. The topological polar surface area (TPSA) is 55.4 Å². The van der Waals surface area contributed by atoms with E-state index in [1.54, 1.807) is 6.07 Å². The van der Waals surface area contributed by atoms with E-state index in [0.29, 0.717) is 16.8 Å². The minimum absolute atomic E-state index is 0.280. The second-order valence-corrected chi connectivity index (χ2v) is 9.48. The first kappa shape index (κ1) is 24.0. The van der Waals surface area contributed by atoms with Gasteiger partial charge >= 0.3 is 5.97 Å². The summed E-state index contributed by atoms with van der Waals surface area (Å²) in [5, 5.41) is 2.96. The molecule has 1 amide bonds. The number of hydrogen-bond acceptors (Lipinski definition) is 3. The summed E-state index contributed by atoms with van der Waals surface area (Å²) in [5.41, 5.74) is 5.48. The molecule has 0 aliphatic heterocycles. The Bertz CT molecular complexity index is 1350. The molecule has 176 valence electrons. The van der Waals surface area contributed by atoms with E-state index in [-0.39, 0.29) is 5.91 Å². The average Bonchev–Trinajstić information content (AvgIpc) is 2.84. The Labute approximate surface area is 206 Å². The van der Waals surface area contributed by atoms with Gasteiger partial charge in [0.2, 0.25) is 0 Å². The highest BCUT2D eigenvalue weighted by molar-refractivity contribution is 6.09. The van der Waals surface area contributed by atoms with Crippen LogP contribution in [0.1, 0.15) is 47.1 Å². The second kappa shape index (κ2) is 9.98. The van der Waals surface area contributed by atoms with Gasteiger partial charge in [0, 0.05) is 5.56 Å². The number of nitrogens with one attached hydrogen (secondary N) is 1. The van der Waals surface area contributed by atoms with Gasteiger partial charge in [-0.3, -0.25) is 4.79 Å². The van der Waals surface area contributed by atoms with Crippen LogP contribution in [0, 0.1) is 6.92 Å². The lowest BCUT2D eigenvalue weighted by Gasteiger charge is -2.21. The van der Waals surface area contributed by atoms with Crippen LogP contribution in [0.3, 0.4) is 0 Å². The lowest BCUT2D eigenvalue weighted by Crippen LogP contribution is -2.25. The number of amides is 1. The molecule has 0 saturated heterocycles. The first-order valence-corrected chi connectivity index (χ1v) is 11.6. The minimum atomic E-state index is -0.652. The van der Waals surface area contributed by atoms with Crippen LogP contribution in [0.25, 0.3) is 22.3 Å². The second-order valence-electron chi connectivity index (χ2n) is 9.48. The fourth-order valence-electron chi connectivity index (χ4n) is 3.89. The van der Waals surface area contributed by atoms with Crippen molar-refractivity contribution in [1.29, 1.82) is 0 Å². The van der Waals surface area contributed by atoms with E-state index in [1.807, 2.05) is 119 Å². The Balaban J connectivity index is 1.68. The molecule has 4 nitrogen and oxygen atoms in total. The van der Waals surface area contributed by atoms with Gasteiger partial charge in [0.15, 0.2) is 0 Å². The molecule has 0 fully saturated rings. The van der Waals surface area contributed by atoms with Gasteiger partial charge in [-0.2, -0.15) is 0 Å². The first-order chi connectivity index (χ1) is 16.7. The summed E-state index contributed by atoms with van der Waals surface area (Å²) in [6.45, 7) is 7.37. The Morgan fingerprint density at radius 3 is 1.69 bits per heavy atom. The molecule has 0 aromatic heterocycles. The van der Waals surface area contributed by atoms with Crippen molar-refractivity contribution < 1.29 is 14.3 Å². The van der Waals surface area contributed by atoms with Crippen LogP contribution in [-0.4, -0.2) is 17.5 Å². The maximum atomic E-state index is 13.3. The molecule has 0 spiro atoms. The van der Waals surface area contributed by atoms with Crippen molar-refractivity contribution in [1.82, 2.24) is 0 Å². The highest BCUT2D eigenvalue weighted by Crippen LogP contribution is 2.29. The molecule has 0 aliphatic carbocycles. The van der Waals surface area contributed by atoms with Gasteiger partial charge in [0.1, 0.15) is 5.60 Å². The van der Waals surface area contributed by atoms with E-state index in [0.717, 1.165) is 27.8 Å². The molecular formula is C31H29NO3. The summed E-state index contributed by atoms with van der Waals surface area (Å²) >= 11 is 0. The number of rotatable bonds is 5. The van der Waals surface area contributed by atoms with Gasteiger partial charge in [-0.05, 0) is 73.7 Å². The van der Waals surface area contributed by atoms with Crippen LogP contribution in [0.2, 0.25) is 0 Å². The van der Waals surface area contributed by atoms with E-state index in [2.05, 4.69) is 5.32 Å². The van der Waals surface area contributed by atoms with Gasteiger partial charge < -0.3 is 10.1 Å². The van der Waals surface area contributed by atoms with Gasteiger partial charge in [-0.25, -0.2) is 4.79 Å². The Morgan fingerprint density at radius 2 is 1.17 bits per heavy atom. The Morgan fingerprint density at radius 1 is 0.657 bits per heavy atom. The zero-order valence-corrected chi connectivity index (χ0v) is 20.5. The number of anilines is 1. The number of esters is 1. The molecule has 35 heavy (non-hydrogen) atoms. The SMILES string of the molecule is Cc1cc(-c2ccccc2)ccc1C(=O)Nc1cc(-c2ccccc2)ccc1C(=O)OC(C)(C)C. The third kappa shape index (κ3) is 5.85. The zero-order valence-electron chi connectivity index (χ0n) is 20.5. The summed E-state index contributed by atoms with van der Waals surface area (Å²) in [6.07, 6.45) is 0. The zero-order chi connectivity index (χ0) is 25.0. The molecular weight excluding hydrogens is 434 g/mol. The summed E-state index contributed by atoms with van der Waals surface area (Å²) in [7, 11) is 0. The maximum Gasteiger partial charge on any atom is 0.340 e. The summed E-state index contributed by atoms with van der Waals surface area (Å²) in [6, 6.07) is 31.0. The molecule has 4 rings (SSSR count). The molecule has 0 unspecified atom stereocenters. The van der Waals surface area contributed by atoms with Crippen LogP contribution in [0.5, 0.6) is 0 Å². The Hall–Kier alpha value is -4.18. The fraction of sp³-hybridized carbons (Fsp3) is 0.161. The summed E-state index contributed by atoms with van der Waals surface area (Å²) < 4.78 is 5.60. The van der Waals surface area contributed by atoms with E-state index in [9.17, 15) is 9.59 Å². The van der Waals surface area contributed by atoms with Crippen LogP contribution < -0.4 is 5.32 Å². The van der Waals surface area contributed by atoms with Crippen LogP contribution >= 0.6 is 0 Å². The van der Waals surface area contributed by atoms with Crippen molar-refractivity contribution >= 4 is 17.6 Å². The number of hydrogen-bond donors (Lipinski definition) is 1. The molecule has 4 aromatic carbocycles. The van der Waals surface area contributed by atoms with Gasteiger partial charge in [0.05, 0.1) is 11.3 Å². The lowest BCUT2D eigenvalue weighted by molar-refractivity contribution is 0.00708. The van der Waals surface area contributed by atoms with E-state index in [4.69, 9.17) is 4.74 Å². The number of aryl methyl sites for hydroxylation is 1. The lowest BCUT2D eigenvalue weighted by atomic mass is 9.99. The first-order valence-electron chi connectivity index (χ1n) is 11.6. The third-order valence-electron chi connectivity index (χ3n) is 5.57. The fourth-order valence-corrected chi connectivity index (χ4v) is 3.89. The summed E-state index contributed by atoms with van der Waals surface area (Å²) in [4.78, 5) is 26.3. The standard InChI is InChI=1S/C31H29NO3/c1-21-19-24(22-11-7-5-8-12-22)15-17-26(21)29(33)32-28-20-25(23-13-9-6-10-14-23)16-18-27(28)30(34)35-31(2,3)4/h5-20H,1-4H3,(H,32,33). The van der Waals surface area contributed by atoms with Crippen molar-refractivity contribution in [2.75, 3.05) is 5.32 Å². The normalized spacial score (nSPS) is 11.1. The van der Waals surface area contributed by atoms with Crippen LogP contribution in [-0.2, 0) is 4.74 Å². The van der Waals surface area contributed by atoms with E-state index < -0.39 is 11.6 Å². The highest BCUT2D eigenvalue weighted by Gasteiger charge is 2.22. The number of carbonyl (C=O) groups is 2. The van der Waals surface area contributed by atoms with Gasteiger partial charge in [-0.1, -0.05) is 78.9 Å². The van der Waals surface area contributed by atoms with Crippen molar-refractivity contribution in [3.05, 3.63) is 114 Å². The molecule has 4 aromatic rings. The summed E-state index contributed by atoms with van der Waals surface area (Å²) in [5.74, 6) is -0.763. The highest BCUT2D eigenvalue weighted by atomic mass is 16.6. The molecule has 0 aliphatic rings. The molecule has 4 heteroatoms. The third-order valence-corrected chi connectivity index (χ3v) is 5.57. The van der Waals surface area contributed by atoms with Gasteiger partial charge in [0.25, 0.3) is 5.91 Å². The van der Waals surface area contributed by atoms with Crippen LogP contribution in [0.15, 0.2) is 97.1 Å². The molecule has 1 N–H and O–H groups in total. The van der Waals surface area contributed by atoms with Gasteiger partial charge in [-0.15, -0.1) is 0 Å². The quantitative estimate of drug-likeness (QED) is 0.311. The smallest absolute Gasteiger partial charge is 0.340 e. The largest absolute Gasteiger partial charge is 0.456 e. The van der Waals surface area contributed by atoms with Crippen LogP contribution in [0.4, 0.5) is 5.69 Å². The number of carbonyl (C=O) groups excluding carboxylic acids is 2. The van der Waals surface area contributed by atoms with Crippen molar-refractivity contribution in [2.45, 2.75) is 33.3 Å². The van der Waals surface area contributed by atoms with Crippen molar-refractivity contribution in [3.8, 4) is 22.3 Å². The predicted molar refractivity (Wildman–Crippen MR) is 142 cm³/mol. The monoisotopic (exact) mass is 463 g/mol. The molecule has 0 heterocycles. The van der Waals surface area contributed by atoms with Crippen molar-refractivity contribution in [3.63, 3.8) is 0 Å². The number of benzene rings is 4. The molecule has 0 saturated carbocycles. The van der Waals surface area contributed by atoms with Crippen molar-refractivity contribution in [2.24, 2.45) is 0 Å². The molecule has 0 atom stereocenters. The molecule has 0 radical (unpaired) electrons.